The Bertz CT molecular complexity index is 438. The molecule has 0 atom stereocenters. The molecule has 1 aromatic carbocycles. The molecule has 3 nitrogen and oxygen atoms in total. The van der Waals surface area contributed by atoms with E-state index < -0.39 is 5.41 Å². The molecule has 3 N–H and O–H groups in total. The van der Waals surface area contributed by atoms with Crippen molar-refractivity contribution in [2.45, 2.75) is 37.9 Å². The Balaban J connectivity index is 2.77. The zero-order chi connectivity index (χ0) is 14.7. The number of rotatable bonds is 5. The molecule has 0 unspecified atom stereocenters. The summed E-state index contributed by atoms with van der Waals surface area (Å²) in [6, 6.07) is 7.48. The number of nitrogens with one attached hydrogen (secondary N) is 1. The van der Waals surface area contributed by atoms with Crippen LogP contribution < -0.4 is 11.1 Å². The second-order valence-corrected chi connectivity index (χ2v) is 7.41. The Morgan fingerprint density at radius 3 is 2.21 bits per heavy atom. The zero-order valence-corrected chi connectivity index (χ0v) is 13.2. The van der Waals surface area contributed by atoms with Gasteiger partial charge in [-0.1, -0.05) is 12.1 Å². The van der Waals surface area contributed by atoms with Gasteiger partial charge in [-0.15, -0.1) is 0 Å². The molecule has 106 valence electrons. The first-order valence-electron chi connectivity index (χ1n) is 6.38. The molecule has 0 saturated heterocycles. The van der Waals surface area contributed by atoms with Crippen LogP contribution in [0.1, 0.15) is 33.3 Å². The Labute approximate surface area is 120 Å². The lowest BCUT2D eigenvalue weighted by molar-refractivity contribution is -0.125. The predicted molar refractivity (Wildman–Crippen MR) is 84.5 cm³/mol. The van der Waals surface area contributed by atoms with Crippen molar-refractivity contribution < 1.29 is 4.79 Å². The van der Waals surface area contributed by atoms with E-state index in [2.05, 4.69) is 25.4 Å². The maximum Gasteiger partial charge on any atom is 0.230 e. The average molecular weight is 280 g/mol. The zero-order valence-electron chi connectivity index (χ0n) is 12.4. The van der Waals surface area contributed by atoms with Gasteiger partial charge in [0.15, 0.2) is 0 Å². The van der Waals surface area contributed by atoms with Crippen LogP contribution in [0.15, 0.2) is 24.3 Å². The Morgan fingerprint density at radius 1 is 1.21 bits per heavy atom. The summed E-state index contributed by atoms with van der Waals surface area (Å²) in [5.41, 5.74) is 6.81. The van der Waals surface area contributed by atoms with Crippen LogP contribution in [-0.4, -0.2) is 23.5 Å². The van der Waals surface area contributed by atoms with Crippen molar-refractivity contribution in [3.05, 3.63) is 29.8 Å². The number of benzene rings is 1. The molecule has 19 heavy (non-hydrogen) atoms. The summed E-state index contributed by atoms with van der Waals surface area (Å²) in [5, 5.41) is 3.04. The van der Waals surface area contributed by atoms with Crippen molar-refractivity contribution in [2.24, 2.45) is 0 Å². The largest absolute Gasteiger partial charge is 0.399 e. The third-order valence-corrected chi connectivity index (χ3v) is 4.68. The molecule has 0 aliphatic heterocycles. The molecule has 0 radical (unpaired) electrons. The predicted octanol–water partition coefficient (Wildman–Crippen LogP) is 2.80. The van der Waals surface area contributed by atoms with Gasteiger partial charge >= 0.3 is 0 Å². The third kappa shape index (κ3) is 4.16. The lowest BCUT2D eigenvalue weighted by atomic mass is 9.83. The van der Waals surface area contributed by atoms with Crippen LogP contribution in [0.2, 0.25) is 0 Å². The Morgan fingerprint density at radius 2 is 1.74 bits per heavy atom. The number of amides is 1. The number of thioether (sulfide) groups is 1. The van der Waals surface area contributed by atoms with Gasteiger partial charge in [-0.05, 0) is 51.6 Å². The highest BCUT2D eigenvalue weighted by atomic mass is 32.2. The van der Waals surface area contributed by atoms with E-state index in [1.807, 2.05) is 38.1 Å². The first-order chi connectivity index (χ1) is 8.69. The minimum absolute atomic E-state index is 0.0411. The van der Waals surface area contributed by atoms with Gasteiger partial charge < -0.3 is 11.1 Å². The fraction of sp³-hybridized carbons (Fsp3) is 0.533. The molecule has 0 aromatic heterocycles. The van der Waals surface area contributed by atoms with Gasteiger partial charge in [-0.3, -0.25) is 4.79 Å². The first-order valence-corrected chi connectivity index (χ1v) is 7.61. The van der Waals surface area contributed by atoms with Crippen molar-refractivity contribution in [1.29, 1.82) is 0 Å². The molecule has 0 bridgehead atoms. The number of carbonyl (C=O) groups is 1. The van der Waals surface area contributed by atoms with Crippen LogP contribution >= 0.6 is 11.8 Å². The van der Waals surface area contributed by atoms with Gasteiger partial charge in [-0.2, -0.15) is 11.8 Å². The van der Waals surface area contributed by atoms with Crippen LogP contribution in [0.3, 0.4) is 0 Å². The number of nitrogens with two attached hydrogens (primary N) is 1. The highest BCUT2D eigenvalue weighted by Crippen LogP contribution is 2.25. The van der Waals surface area contributed by atoms with Crippen molar-refractivity contribution in [1.82, 2.24) is 5.32 Å². The monoisotopic (exact) mass is 280 g/mol. The summed E-state index contributed by atoms with van der Waals surface area (Å²) in [7, 11) is 0. The molecule has 0 saturated carbocycles. The fourth-order valence-corrected chi connectivity index (χ4v) is 1.83. The molecule has 0 aliphatic rings. The molecular weight excluding hydrogens is 256 g/mol. The summed E-state index contributed by atoms with van der Waals surface area (Å²) in [6.07, 6.45) is 2.05. The van der Waals surface area contributed by atoms with Gasteiger partial charge in [-0.25, -0.2) is 0 Å². The molecular formula is C15H24N2OS. The molecule has 0 aliphatic carbocycles. The van der Waals surface area contributed by atoms with E-state index in [0.29, 0.717) is 12.2 Å². The first kappa shape index (κ1) is 15.9. The van der Waals surface area contributed by atoms with E-state index in [1.165, 1.54) is 0 Å². The normalized spacial score (nSPS) is 12.3. The standard InChI is InChI=1S/C15H24N2OS/c1-14(2,19-5)10-17-13(18)15(3,4)11-6-8-12(16)9-7-11/h6-9H,10,16H2,1-5H3,(H,17,18). The summed E-state index contributed by atoms with van der Waals surface area (Å²) >= 11 is 1.75. The Kier molecular flexibility index (Phi) is 4.91. The lowest BCUT2D eigenvalue weighted by Gasteiger charge is -2.28. The molecule has 1 aromatic rings. The quantitative estimate of drug-likeness (QED) is 0.815. The number of hydrogen-bond acceptors (Lipinski definition) is 3. The van der Waals surface area contributed by atoms with E-state index in [1.54, 1.807) is 11.8 Å². The summed E-state index contributed by atoms with van der Waals surface area (Å²) in [6.45, 7) is 8.76. The van der Waals surface area contributed by atoms with E-state index in [9.17, 15) is 4.79 Å². The molecule has 0 fully saturated rings. The van der Waals surface area contributed by atoms with E-state index in [0.717, 1.165) is 5.56 Å². The van der Waals surface area contributed by atoms with E-state index in [4.69, 9.17) is 5.73 Å². The fourth-order valence-electron chi connectivity index (χ4n) is 1.62. The maximum atomic E-state index is 12.4. The molecule has 0 heterocycles. The summed E-state index contributed by atoms with van der Waals surface area (Å²) < 4.78 is 0.0485. The van der Waals surface area contributed by atoms with E-state index in [-0.39, 0.29) is 10.7 Å². The van der Waals surface area contributed by atoms with Gasteiger partial charge in [0.1, 0.15) is 0 Å². The lowest BCUT2D eigenvalue weighted by Crippen LogP contribution is -2.44. The molecule has 0 spiro atoms. The van der Waals surface area contributed by atoms with Crippen molar-refractivity contribution >= 4 is 23.4 Å². The minimum Gasteiger partial charge on any atom is -0.399 e. The van der Waals surface area contributed by atoms with Gasteiger partial charge in [0.2, 0.25) is 5.91 Å². The molecule has 1 rings (SSSR count). The number of nitrogen functional groups attached to an aromatic ring is 1. The Hall–Kier alpha value is -1.16. The van der Waals surface area contributed by atoms with Crippen LogP contribution in [-0.2, 0) is 10.2 Å². The summed E-state index contributed by atoms with van der Waals surface area (Å²) in [4.78, 5) is 12.4. The number of hydrogen-bond donors (Lipinski definition) is 2. The van der Waals surface area contributed by atoms with Crippen molar-refractivity contribution in [3.8, 4) is 0 Å². The maximum absolute atomic E-state index is 12.4. The van der Waals surface area contributed by atoms with Crippen LogP contribution in [0.25, 0.3) is 0 Å². The molecule has 4 heteroatoms. The van der Waals surface area contributed by atoms with Crippen molar-refractivity contribution in [2.75, 3.05) is 18.5 Å². The topological polar surface area (TPSA) is 55.1 Å². The number of anilines is 1. The minimum atomic E-state index is -0.553. The third-order valence-electron chi connectivity index (χ3n) is 3.43. The van der Waals surface area contributed by atoms with Crippen LogP contribution in [0.5, 0.6) is 0 Å². The van der Waals surface area contributed by atoms with Gasteiger partial charge in [0, 0.05) is 17.0 Å². The second-order valence-electron chi connectivity index (χ2n) is 5.89. The van der Waals surface area contributed by atoms with E-state index >= 15 is 0 Å². The average Bonchev–Trinajstić information content (AvgIpc) is 2.36. The summed E-state index contributed by atoms with van der Waals surface area (Å²) in [5.74, 6) is 0.0411. The highest BCUT2D eigenvalue weighted by Gasteiger charge is 2.30. The van der Waals surface area contributed by atoms with Gasteiger partial charge in [0.25, 0.3) is 0 Å². The SMILES string of the molecule is CSC(C)(C)CNC(=O)C(C)(C)c1ccc(N)cc1. The van der Waals surface area contributed by atoms with Gasteiger partial charge in [0.05, 0.1) is 5.41 Å². The van der Waals surface area contributed by atoms with Crippen LogP contribution in [0.4, 0.5) is 5.69 Å². The van der Waals surface area contributed by atoms with Crippen molar-refractivity contribution in [3.63, 3.8) is 0 Å². The number of carbonyl (C=O) groups excluding carboxylic acids is 1. The second kappa shape index (κ2) is 5.87. The smallest absolute Gasteiger partial charge is 0.230 e. The van der Waals surface area contributed by atoms with Crippen LogP contribution in [0, 0.1) is 0 Å². The molecule has 1 amide bonds. The highest BCUT2D eigenvalue weighted by molar-refractivity contribution is 7.99.